The number of amides is 3. The molecule has 0 bridgehead atoms. The first kappa shape index (κ1) is 24.4. The minimum absolute atomic E-state index is 0.106. The van der Waals surface area contributed by atoms with E-state index in [-0.39, 0.29) is 17.7 Å². The maximum atomic E-state index is 13.2. The molecule has 0 aliphatic carbocycles. The monoisotopic (exact) mass is 456 g/mol. The van der Waals surface area contributed by atoms with Crippen molar-refractivity contribution in [3.8, 4) is 0 Å². The van der Waals surface area contributed by atoms with Gasteiger partial charge in [-0.25, -0.2) is 0 Å². The highest BCUT2D eigenvalue weighted by atomic mass is 16.3. The summed E-state index contributed by atoms with van der Waals surface area (Å²) in [5.74, 6) is -2.11. The predicted molar refractivity (Wildman–Crippen MR) is 123 cm³/mol. The molecule has 9 nitrogen and oxygen atoms in total. The van der Waals surface area contributed by atoms with E-state index in [1.165, 1.54) is 0 Å². The van der Waals surface area contributed by atoms with E-state index in [4.69, 9.17) is 0 Å². The lowest BCUT2D eigenvalue weighted by Crippen LogP contribution is -2.53. The van der Waals surface area contributed by atoms with E-state index in [1.807, 2.05) is 45.0 Å². The van der Waals surface area contributed by atoms with Gasteiger partial charge in [0.05, 0.1) is 6.04 Å². The van der Waals surface area contributed by atoms with Crippen molar-refractivity contribution in [2.45, 2.75) is 52.1 Å². The van der Waals surface area contributed by atoms with Crippen molar-refractivity contribution in [3.63, 3.8) is 0 Å². The summed E-state index contributed by atoms with van der Waals surface area (Å²) in [5, 5.41) is 18.4. The molecule has 0 spiro atoms. The maximum Gasteiger partial charge on any atom is 0.268 e. The molecule has 0 saturated carbocycles. The molecule has 0 unspecified atom stereocenters. The Kier molecular flexibility index (Phi) is 7.53. The molecule has 1 aromatic carbocycles. The number of fused-ring (bicyclic) bond motifs is 1. The van der Waals surface area contributed by atoms with E-state index in [9.17, 15) is 24.3 Å². The summed E-state index contributed by atoms with van der Waals surface area (Å²) in [6, 6.07) is 7.27. The number of nitrogens with one attached hydrogen (secondary N) is 4. The summed E-state index contributed by atoms with van der Waals surface area (Å²) in [6.07, 6.45) is 0.996. The van der Waals surface area contributed by atoms with E-state index >= 15 is 0 Å². The molecule has 2 heterocycles. The molecule has 2 aromatic rings. The smallest absolute Gasteiger partial charge is 0.268 e. The minimum atomic E-state index is -1.01. The lowest BCUT2D eigenvalue weighted by atomic mass is 9.87. The van der Waals surface area contributed by atoms with Crippen molar-refractivity contribution in [1.29, 1.82) is 0 Å². The van der Waals surface area contributed by atoms with Crippen molar-refractivity contribution in [3.05, 3.63) is 36.0 Å². The Morgan fingerprint density at radius 2 is 1.88 bits per heavy atom. The van der Waals surface area contributed by atoms with Gasteiger partial charge in [-0.3, -0.25) is 19.2 Å². The van der Waals surface area contributed by atoms with Gasteiger partial charge in [-0.1, -0.05) is 39.0 Å². The number of rotatable bonds is 9. The fourth-order valence-electron chi connectivity index (χ4n) is 4.06. The fourth-order valence-corrected chi connectivity index (χ4v) is 4.06. The lowest BCUT2D eigenvalue weighted by molar-refractivity contribution is -0.131. The molecule has 0 radical (unpaired) electrons. The van der Waals surface area contributed by atoms with Gasteiger partial charge < -0.3 is 26.0 Å². The normalized spacial score (nSPS) is 17.9. The van der Waals surface area contributed by atoms with Crippen LogP contribution in [0.25, 0.3) is 10.9 Å². The maximum absolute atomic E-state index is 13.2. The molecule has 3 atom stereocenters. The Morgan fingerprint density at radius 3 is 2.48 bits per heavy atom. The highest BCUT2D eigenvalue weighted by molar-refractivity contribution is 6.00. The van der Waals surface area contributed by atoms with Crippen LogP contribution in [0.2, 0.25) is 0 Å². The molecule has 1 aliphatic heterocycles. The zero-order valence-electron chi connectivity index (χ0n) is 19.2. The van der Waals surface area contributed by atoms with Gasteiger partial charge in [0.1, 0.15) is 18.3 Å². The third-order valence-corrected chi connectivity index (χ3v) is 5.76. The highest BCUT2D eigenvalue weighted by Crippen LogP contribution is 2.23. The molecular weight excluding hydrogens is 424 g/mol. The molecular formula is C24H32N4O5. The van der Waals surface area contributed by atoms with Crippen molar-refractivity contribution in [1.82, 2.24) is 20.9 Å². The largest absolute Gasteiger partial charge is 0.389 e. The first-order valence-corrected chi connectivity index (χ1v) is 11.2. The summed E-state index contributed by atoms with van der Waals surface area (Å²) < 4.78 is 0. The number of hydrogen-bond donors (Lipinski definition) is 5. The average molecular weight is 457 g/mol. The topological polar surface area (TPSA) is 140 Å². The van der Waals surface area contributed by atoms with Crippen LogP contribution in [-0.2, 0) is 14.4 Å². The van der Waals surface area contributed by atoms with E-state index in [1.54, 1.807) is 6.07 Å². The molecule has 1 aromatic heterocycles. The summed E-state index contributed by atoms with van der Waals surface area (Å²) in [6.45, 7) is 5.61. The van der Waals surface area contributed by atoms with E-state index in [0.717, 1.165) is 10.9 Å². The Labute approximate surface area is 192 Å². The number of aromatic nitrogens is 1. The second kappa shape index (κ2) is 10.2. The predicted octanol–water partition coefficient (Wildman–Crippen LogP) is 1.27. The van der Waals surface area contributed by atoms with Crippen LogP contribution in [0, 0.1) is 11.3 Å². The van der Waals surface area contributed by atoms with E-state index in [2.05, 4.69) is 20.9 Å². The number of H-pyrrole nitrogens is 1. The van der Waals surface area contributed by atoms with Crippen molar-refractivity contribution < 1.29 is 24.3 Å². The zero-order chi connectivity index (χ0) is 24.2. The van der Waals surface area contributed by atoms with Gasteiger partial charge in [-0.15, -0.1) is 0 Å². The van der Waals surface area contributed by atoms with Gasteiger partial charge in [0, 0.05) is 23.4 Å². The van der Waals surface area contributed by atoms with Crippen LogP contribution in [0.15, 0.2) is 30.3 Å². The van der Waals surface area contributed by atoms with E-state index in [0.29, 0.717) is 25.1 Å². The highest BCUT2D eigenvalue weighted by Gasteiger charge is 2.34. The molecule has 1 aliphatic rings. The molecule has 3 amide bonds. The standard InChI is InChI=1S/C24H32N4O5/c1-24(2,3)12-19(28-22(32)18-10-14-6-4-5-7-16(14)26-18)23(33)27-17(20(30)13-29)11-15-8-9-25-21(15)31/h4-7,10,15,17,19,26,29H,8-9,11-13H2,1-3H3,(H,25,31)(H,27,33)(H,28,32)/t15-,17-,19-/m0/s1. The van der Waals surface area contributed by atoms with Gasteiger partial charge >= 0.3 is 0 Å². The summed E-state index contributed by atoms with van der Waals surface area (Å²) in [4.78, 5) is 53.4. The fraction of sp³-hybridized carbons (Fsp3) is 0.500. The van der Waals surface area contributed by atoms with Crippen LogP contribution in [-0.4, -0.2) is 58.8 Å². The Bertz CT molecular complexity index is 1010. The molecule has 9 heteroatoms. The second-order valence-corrected chi connectivity index (χ2v) is 9.76. The molecule has 5 N–H and O–H groups in total. The van der Waals surface area contributed by atoms with Gasteiger partial charge in [-0.05, 0) is 36.8 Å². The number of para-hydroxylation sites is 1. The third-order valence-electron chi connectivity index (χ3n) is 5.76. The first-order valence-electron chi connectivity index (χ1n) is 11.2. The summed E-state index contributed by atoms with van der Waals surface area (Å²) in [5.41, 5.74) is 0.842. The first-order chi connectivity index (χ1) is 15.6. The molecule has 178 valence electrons. The third kappa shape index (κ3) is 6.41. The minimum Gasteiger partial charge on any atom is -0.389 e. The number of aliphatic hydroxyl groups excluding tert-OH is 1. The van der Waals surface area contributed by atoms with Gasteiger partial charge in [0.25, 0.3) is 5.91 Å². The quantitative estimate of drug-likeness (QED) is 0.387. The summed E-state index contributed by atoms with van der Waals surface area (Å²) >= 11 is 0. The number of carbonyl (C=O) groups is 4. The van der Waals surface area contributed by atoms with Crippen LogP contribution >= 0.6 is 0 Å². The Hall–Kier alpha value is -3.20. The molecule has 1 fully saturated rings. The Balaban J connectivity index is 1.76. The van der Waals surface area contributed by atoms with Crippen molar-refractivity contribution in [2.24, 2.45) is 11.3 Å². The number of carbonyl (C=O) groups excluding carboxylic acids is 4. The van der Waals surface area contributed by atoms with Crippen LogP contribution in [0.5, 0.6) is 0 Å². The van der Waals surface area contributed by atoms with Crippen LogP contribution in [0.3, 0.4) is 0 Å². The van der Waals surface area contributed by atoms with Crippen LogP contribution in [0.1, 0.15) is 50.5 Å². The van der Waals surface area contributed by atoms with Gasteiger partial charge in [0.15, 0.2) is 5.78 Å². The van der Waals surface area contributed by atoms with Crippen molar-refractivity contribution in [2.75, 3.05) is 13.2 Å². The SMILES string of the molecule is CC(C)(C)C[C@H](NC(=O)c1cc2ccccc2[nH]1)C(=O)N[C@@H](C[C@@H]1CCNC1=O)C(=O)CO. The average Bonchev–Trinajstić information content (AvgIpc) is 3.37. The van der Waals surface area contributed by atoms with Crippen LogP contribution in [0.4, 0.5) is 0 Å². The second-order valence-electron chi connectivity index (χ2n) is 9.76. The molecule has 33 heavy (non-hydrogen) atoms. The van der Waals surface area contributed by atoms with Crippen LogP contribution < -0.4 is 16.0 Å². The number of ketones is 1. The van der Waals surface area contributed by atoms with E-state index < -0.39 is 42.2 Å². The number of Topliss-reactive ketones (excluding diaryl/α,β-unsaturated/α-hetero) is 1. The zero-order valence-corrected chi connectivity index (χ0v) is 19.2. The number of benzene rings is 1. The summed E-state index contributed by atoms with van der Waals surface area (Å²) in [7, 11) is 0. The Morgan fingerprint density at radius 1 is 1.15 bits per heavy atom. The van der Waals surface area contributed by atoms with Gasteiger partial charge in [-0.2, -0.15) is 0 Å². The number of aliphatic hydroxyl groups is 1. The van der Waals surface area contributed by atoms with Crippen molar-refractivity contribution >= 4 is 34.4 Å². The lowest BCUT2D eigenvalue weighted by Gasteiger charge is -2.28. The molecule has 3 rings (SSSR count). The molecule has 1 saturated heterocycles. The number of hydrogen-bond acceptors (Lipinski definition) is 5. The van der Waals surface area contributed by atoms with Gasteiger partial charge in [0.2, 0.25) is 11.8 Å². The number of aromatic amines is 1.